The minimum atomic E-state index is -4.44. The van der Waals surface area contributed by atoms with Crippen molar-refractivity contribution in [2.75, 3.05) is 11.4 Å². The number of nitrogens with zero attached hydrogens (tertiary/aromatic N) is 1. The van der Waals surface area contributed by atoms with E-state index in [0.717, 1.165) is 12.1 Å². The van der Waals surface area contributed by atoms with Crippen LogP contribution in [0.5, 0.6) is 0 Å². The maximum atomic E-state index is 12.6. The van der Waals surface area contributed by atoms with Crippen LogP contribution in [0.15, 0.2) is 47.1 Å². The fraction of sp³-hybridized carbons (Fsp3) is 0.294. The molecule has 0 saturated carbocycles. The molecule has 1 aromatic carbocycles. The van der Waals surface area contributed by atoms with Gasteiger partial charge in [0.2, 0.25) is 11.8 Å². The molecular weight excluding hydrogens is 337 g/mol. The molecule has 8 heteroatoms. The van der Waals surface area contributed by atoms with Crippen molar-refractivity contribution in [3.05, 3.63) is 54.0 Å². The van der Waals surface area contributed by atoms with E-state index in [0.29, 0.717) is 11.4 Å². The van der Waals surface area contributed by atoms with E-state index in [-0.39, 0.29) is 31.3 Å². The number of anilines is 1. The summed E-state index contributed by atoms with van der Waals surface area (Å²) in [5, 5.41) is 2.64. The summed E-state index contributed by atoms with van der Waals surface area (Å²) in [6.07, 6.45) is -2.93. The molecule has 0 spiro atoms. The highest BCUT2D eigenvalue weighted by Crippen LogP contribution is 2.30. The number of alkyl halides is 3. The van der Waals surface area contributed by atoms with E-state index in [1.54, 1.807) is 12.1 Å². The highest BCUT2D eigenvalue weighted by atomic mass is 19.4. The van der Waals surface area contributed by atoms with E-state index in [2.05, 4.69) is 5.32 Å². The Morgan fingerprint density at radius 1 is 1.16 bits per heavy atom. The number of carbonyl (C=O) groups excluding carboxylic acids is 2. The van der Waals surface area contributed by atoms with Crippen molar-refractivity contribution in [2.45, 2.75) is 26.1 Å². The van der Waals surface area contributed by atoms with Gasteiger partial charge in [-0.05, 0) is 36.4 Å². The van der Waals surface area contributed by atoms with Crippen molar-refractivity contribution in [1.29, 1.82) is 0 Å². The lowest BCUT2D eigenvalue weighted by Gasteiger charge is -2.21. The summed E-state index contributed by atoms with van der Waals surface area (Å²) in [4.78, 5) is 24.8. The lowest BCUT2D eigenvalue weighted by Crippen LogP contribution is -2.33. The molecule has 134 valence electrons. The number of nitrogens with one attached hydrogen (secondary N) is 1. The first-order valence-electron chi connectivity index (χ1n) is 7.52. The van der Waals surface area contributed by atoms with Crippen LogP contribution in [0.1, 0.15) is 24.7 Å². The highest BCUT2D eigenvalue weighted by Gasteiger charge is 2.30. The van der Waals surface area contributed by atoms with Gasteiger partial charge in [0.15, 0.2) is 0 Å². The van der Waals surface area contributed by atoms with Crippen LogP contribution < -0.4 is 10.2 Å². The molecule has 0 aliphatic heterocycles. The number of hydrogen-bond acceptors (Lipinski definition) is 3. The molecule has 0 atom stereocenters. The zero-order valence-electron chi connectivity index (χ0n) is 13.5. The van der Waals surface area contributed by atoms with E-state index >= 15 is 0 Å². The Balaban J connectivity index is 1.94. The summed E-state index contributed by atoms with van der Waals surface area (Å²) in [5.74, 6) is -0.0623. The number of amides is 2. The predicted octanol–water partition coefficient (Wildman–Crippen LogP) is 3.36. The number of hydrogen-bond donors (Lipinski definition) is 1. The first kappa shape index (κ1) is 18.6. The van der Waals surface area contributed by atoms with Gasteiger partial charge >= 0.3 is 6.18 Å². The van der Waals surface area contributed by atoms with Crippen molar-refractivity contribution < 1.29 is 27.2 Å². The average Bonchev–Trinajstić information content (AvgIpc) is 3.06. The van der Waals surface area contributed by atoms with Gasteiger partial charge in [-0.3, -0.25) is 9.59 Å². The first-order valence-corrected chi connectivity index (χ1v) is 7.52. The van der Waals surface area contributed by atoms with Gasteiger partial charge in [-0.25, -0.2) is 0 Å². The summed E-state index contributed by atoms with van der Waals surface area (Å²) < 4.78 is 42.9. The van der Waals surface area contributed by atoms with E-state index in [9.17, 15) is 22.8 Å². The molecule has 0 radical (unpaired) electrons. The molecule has 1 N–H and O–H groups in total. The smallest absolute Gasteiger partial charge is 0.416 e. The van der Waals surface area contributed by atoms with Crippen molar-refractivity contribution in [3.8, 4) is 0 Å². The lowest BCUT2D eigenvalue weighted by molar-refractivity contribution is -0.137. The van der Waals surface area contributed by atoms with E-state index in [1.807, 2.05) is 0 Å². The molecule has 2 amide bonds. The summed E-state index contributed by atoms with van der Waals surface area (Å²) in [5.41, 5.74) is -0.490. The third kappa shape index (κ3) is 5.37. The standard InChI is InChI=1S/C17H17F3N2O3/c1-12(23)22(14-6-4-13(5-7-14)17(18,19)20)9-8-16(24)21-11-15-3-2-10-25-15/h2-7,10H,8-9,11H2,1H3,(H,21,24). The van der Waals surface area contributed by atoms with Gasteiger partial charge in [-0.2, -0.15) is 13.2 Å². The second kappa shape index (κ2) is 7.87. The largest absolute Gasteiger partial charge is 0.467 e. The van der Waals surface area contributed by atoms with Crippen LogP contribution in [0, 0.1) is 0 Å². The number of furan rings is 1. The number of halogens is 3. The molecule has 1 aromatic heterocycles. The van der Waals surface area contributed by atoms with Crippen molar-refractivity contribution in [2.24, 2.45) is 0 Å². The Morgan fingerprint density at radius 2 is 1.84 bits per heavy atom. The minimum absolute atomic E-state index is 0.0152. The van der Waals surface area contributed by atoms with Crippen molar-refractivity contribution >= 4 is 17.5 Å². The van der Waals surface area contributed by atoms with Crippen LogP contribution in [-0.2, 0) is 22.3 Å². The SMILES string of the molecule is CC(=O)N(CCC(=O)NCc1ccco1)c1ccc(C(F)(F)F)cc1. The van der Waals surface area contributed by atoms with Gasteiger partial charge in [0.1, 0.15) is 5.76 Å². The monoisotopic (exact) mass is 354 g/mol. The quantitative estimate of drug-likeness (QED) is 0.865. The van der Waals surface area contributed by atoms with Crippen LogP contribution in [-0.4, -0.2) is 18.4 Å². The molecule has 0 unspecified atom stereocenters. The summed E-state index contributed by atoms with van der Waals surface area (Å²) in [6, 6.07) is 7.65. The second-order valence-corrected chi connectivity index (χ2v) is 5.32. The Labute approximate surface area is 142 Å². The van der Waals surface area contributed by atoms with Gasteiger partial charge in [0, 0.05) is 25.6 Å². The van der Waals surface area contributed by atoms with Gasteiger partial charge in [-0.15, -0.1) is 0 Å². The molecule has 2 rings (SSSR count). The lowest BCUT2D eigenvalue weighted by atomic mass is 10.2. The van der Waals surface area contributed by atoms with Crippen LogP contribution in [0.4, 0.5) is 18.9 Å². The molecule has 1 heterocycles. The Morgan fingerprint density at radius 3 is 2.36 bits per heavy atom. The Bertz CT molecular complexity index is 710. The maximum absolute atomic E-state index is 12.6. The van der Waals surface area contributed by atoms with Crippen LogP contribution in [0.25, 0.3) is 0 Å². The summed E-state index contributed by atoms with van der Waals surface area (Å²) in [6.45, 7) is 1.58. The first-order chi connectivity index (χ1) is 11.8. The summed E-state index contributed by atoms with van der Waals surface area (Å²) >= 11 is 0. The van der Waals surface area contributed by atoms with E-state index in [1.165, 1.54) is 30.2 Å². The third-order valence-corrected chi connectivity index (χ3v) is 3.49. The Kier molecular flexibility index (Phi) is 5.84. The molecule has 0 bridgehead atoms. The van der Waals surface area contributed by atoms with Gasteiger partial charge < -0.3 is 14.6 Å². The number of rotatable bonds is 6. The van der Waals surface area contributed by atoms with Gasteiger partial charge in [0.05, 0.1) is 18.4 Å². The topological polar surface area (TPSA) is 62.6 Å². The molecule has 0 aliphatic rings. The van der Waals surface area contributed by atoms with Crippen LogP contribution >= 0.6 is 0 Å². The second-order valence-electron chi connectivity index (χ2n) is 5.32. The molecular formula is C17H17F3N2O3. The predicted molar refractivity (Wildman–Crippen MR) is 84.6 cm³/mol. The zero-order valence-corrected chi connectivity index (χ0v) is 13.5. The van der Waals surface area contributed by atoms with Gasteiger partial charge in [0.25, 0.3) is 0 Å². The van der Waals surface area contributed by atoms with Gasteiger partial charge in [-0.1, -0.05) is 0 Å². The molecule has 2 aromatic rings. The van der Waals surface area contributed by atoms with Crippen molar-refractivity contribution in [1.82, 2.24) is 5.32 Å². The fourth-order valence-corrected chi connectivity index (χ4v) is 2.20. The van der Waals surface area contributed by atoms with E-state index < -0.39 is 11.7 Å². The molecule has 25 heavy (non-hydrogen) atoms. The molecule has 5 nitrogen and oxygen atoms in total. The van der Waals surface area contributed by atoms with Crippen LogP contribution in [0.2, 0.25) is 0 Å². The molecule has 0 saturated heterocycles. The third-order valence-electron chi connectivity index (χ3n) is 3.49. The normalized spacial score (nSPS) is 11.2. The molecule has 0 fully saturated rings. The molecule has 0 aliphatic carbocycles. The van der Waals surface area contributed by atoms with Crippen LogP contribution in [0.3, 0.4) is 0 Å². The minimum Gasteiger partial charge on any atom is -0.467 e. The van der Waals surface area contributed by atoms with E-state index in [4.69, 9.17) is 4.42 Å². The average molecular weight is 354 g/mol. The fourth-order valence-electron chi connectivity index (χ4n) is 2.20. The summed E-state index contributed by atoms with van der Waals surface area (Å²) in [7, 11) is 0. The number of benzene rings is 1. The maximum Gasteiger partial charge on any atom is 0.416 e. The Hall–Kier alpha value is -2.77. The number of carbonyl (C=O) groups is 2. The highest BCUT2D eigenvalue weighted by molar-refractivity contribution is 5.92. The van der Waals surface area contributed by atoms with Crippen molar-refractivity contribution in [3.63, 3.8) is 0 Å². The zero-order chi connectivity index (χ0) is 18.4.